The fourth-order valence-electron chi connectivity index (χ4n) is 1.88. The summed E-state index contributed by atoms with van der Waals surface area (Å²) in [5, 5.41) is 10.1. The molecule has 0 aliphatic carbocycles. The van der Waals surface area contributed by atoms with Crippen LogP contribution in [0, 0.1) is 0 Å². The highest BCUT2D eigenvalue weighted by Crippen LogP contribution is 2.27. The summed E-state index contributed by atoms with van der Waals surface area (Å²) < 4.78 is 5.75. The molecule has 0 fully saturated rings. The smallest absolute Gasteiger partial charge is 0.219 e. The maximum atomic E-state index is 9.10. The van der Waals surface area contributed by atoms with Crippen molar-refractivity contribution in [2.45, 2.75) is 6.61 Å². The molecule has 0 saturated carbocycles. The number of rotatable bonds is 3. The molecule has 0 aliphatic heterocycles. The molecule has 1 aromatic carbocycles. The van der Waals surface area contributed by atoms with E-state index in [2.05, 4.69) is 9.97 Å². The van der Waals surface area contributed by atoms with E-state index < -0.39 is 0 Å². The van der Waals surface area contributed by atoms with Crippen LogP contribution in [0.3, 0.4) is 0 Å². The Labute approximate surface area is 110 Å². The fraction of sp³-hybridized carbons (Fsp3) is 0.0667. The number of nitrogens with zero attached hydrogens (tertiary/aromatic N) is 2. The van der Waals surface area contributed by atoms with Crippen molar-refractivity contribution >= 4 is 10.9 Å². The maximum Gasteiger partial charge on any atom is 0.219 e. The van der Waals surface area contributed by atoms with Gasteiger partial charge in [-0.05, 0) is 23.8 Å². The van der Waals surface area contributed by atoms with Gasteiger partial charge in [-0.3, -0.25) is 4.98 Å². The molecule has 0 aliphatic rings. The van der Waals surface area contributed by atoms with E-state index >= 15 is 0 Å². The van der Waals surface area contributed by atoms with E-state index in [0.717, 1.165) is 16.5 Å². The lowest BCUT2D eigenvalue weighted by Gasteiger charge is -2.07. The molecule has 3 rings (SSSR count). The van der Waals surface area contributed by atoms with Gasteiger partial charge in [0.25, 0.3) is 0 Å². The monoisotopic (exact) mass is 252 g/mol. The average molecular weight is 252 g/mol. The van der Waals surface area contributed by atoms with E-state index in [9.17, 15) is 0 Å². The topological polar surface area (TPSA) is 55.2 Å². The lowest BCUT2D eigenvalue weighted by atomic mass is 10.2. The first-order valence-corrected chi connectivity index (χ1v) is 5.94. The molecule has 0 amide bonds. The molecule has 19 heavy (non-hydrogen) atoms. The number of para-hydroxylation sites is 1. The minimum absolute atomic E-state index is 0.0351. The molecular formula is C15H12N2O2. The minimum atomic E-state index is -0.0351. The van der Waals surface area contributed by atoms with Gasteiger partial charge in [-0.25, -0.2) is 4.98 Å². The zero-order chi connectivity index (χ0) is 13.1. The van der Waals surface area contributed by atoms with Crippen LogP contribution >= 0.6 is 0 Å². The summed E-state index contributed by atoms with van der Waals surface area (Å²) in [7, 11) is 0. The van der Waals surface area contributed by atoms with Crippen molar-refractivity contribution in [2.24, 2.45) is 0 Å². The number of fused-ring (bicyclic) bond motifs is 1. The molecular weight excluding hydrogens is 240 g/mol. The van der Waals surface area contributed by atoms with Gasteiger partial charge in [0.2, 0.25) is 5.88 Å². The molecule has 0 radical (unpaired) electrons. The summed E-state index contributed by atoms with van der Waals surface area (Å²) >= 11 is 0. The van der Waals surface area contributed by atoms with Crippen molar-refractivity contribution in [3.8, 4) is 11.6 Å². The first-order chi connectivity index (χ1) is 9.36. The van der Waals surface area contributed by atoms with Crippen molar-refractivity contribution < 1.29 is 9.84 Å². The standard InChI is InChI=1S/C15H12N2O2/c18-10-11-6-8-16-14(9-11)19-13-5-1-3-12-4-2-7-17-15(12)13/h1-9,18H,10H2. The fourth-order valence-corrected chi connectivity index (χ4v) is 1.88. The first kappa shape index (κ1) is 11.6. The van der Waals surface area contributed by atoms with Crippen molar-refractivity contribution in [1.29, 1.82) is 0 Å². The third kappa shape index (κ3) is 2.39. The summed E-state index contributed by atoms with van der Waals surface area (Å²) in [6.45, 7) is -0.0351. The number of hydrogen-bond acceptors (Lipinski definition) is 4. The van der Waals surface area contributed by atoms with E-state index in [0.29, 0.717) is 11.6 Å². The number of pyridine rings is 2. The van der Waals surface area contributed by atoms with Gasteiger partial charge in [-0.15, -0.1) is 0 Å². The Balaban J connectivity index is 2.01. The van der Waals surface area contributed by atoms with Crippen molar-refractivity contribution in [3.05, 3.63) is 60.4 Å². The van der Waals surface area contributed by atoms with Crippen LogP contribution in [0.1, 0.15) is 5.56 Å². The molecule has 0 saturated heterocycles. The normalized spacial score (nSPS) is 10.6. The number of benzene rings is 1. The molecule has 0 spiro atoms. The van der Waals surface area contributed by atoms with E-state index in [1.807, 2.05) is 30.3 Å². The van der Waals surface area contributed by atoms with E-state index in [1.165, 1.54) is 0 Å². The molecule has 1 N–H and O–H groups in total. The molecule has 0 atom stereocenters. The van der Waals surface area contributed by atoms with Gasteiger partial charge in [0.1, 0.15) is 5.52 Å². The van der Waals surface area contributed by atoms with Gasteiger partial charge in [0.15, 0.2) is 5.75 Å². The van der Waals surface area contributed by atoms with Gasteiger partial charge >= 0.3 is 0 Å². The highest BCUT2D eigenvalue weighted by Gasteiger charge is 2.05. The summed E-state index contributed by atoms with van der Waals surface area (Å²) in [6.07, 6.45) is 3.34. The van der Waals surface area contributed by atoms with Gasteiger partial charge in [-0.1, -0.05) is 18.2 Å². The van der Waals surface area contributed by atoms with Crippen molar-refractivity contribution in [1.82, 2.24) is 9.97 Å². The maximum absolute atomic E-state index is 9.10. The Hall–Kier alpha value is -2.46. The number of aromatic nitrogens is 2. The molecule has 2 heterocycles. The second-order valence-corrected chi connectivity index (χ2v) is 4.09. The largest absolute Gasteiger partial charge is 0.437 e. The summed E-state index contributed by atoms with van der Waals surface area (Å²) in [6, 6.07) is 13.1. The number of aliphatic hydroxyl groups is 1. The van der Waals surface area contributed by atoms with Crippen LogP contribution in [-0.4, -0.2) is 15.1 Å². The van der Waals surface area contributed by atoms with Crippen LogP contribution < -0.4 is 4.74 Å². The SMILES string of the molecule is OCc1ccnc(Oc2cccc3cccnc23)c1. The van der Waals surface area contributed by atoms with Gasteiger partial charge in [0, 0.05) is 23.8 Å². The third-order valence-corrected chi connectivity index (χ3v) is 2.79. The first-order valence-electron chi connectivity index (χ1n) is 5.94. The Bertz CT molecular complexity index is 708. The van der Waals surface area contributed by atoms with E-state index in [-0.39, 0.29) is 6.61 Å². The zero-order valence-corrected chi connectivity index (χ0v) is 10.2. The second-order valence-electron chi connectivity index (χ2n) is 4.09. The molecule has 2 aromatic heterocycles. The lowest BCUT2D eigenvalue weighted by Crippen LogP contribution is -1.92. The van der Waals surface area contributed by atoms with Gasteiger partial charge < -0.3 is 9.84 Å². The average Bonchev–Trinajstić information content (AvgIpc) is 2.48. The van der Waals surface area contributed by atoms with E-state index in [4.69, 9.17) is 9.84 Å². The highest BCUT2D eigenvalue weighted by atomic mass is 16.5. The molecule has 3 aromatic rings. The van der Waals surface area contributed by atoms with Crippen LogP contribution in [0.5, 0.6) is 11.6 Å². The van der Waals surface area contributed by atoms with Crippen LogP contribution in [-0.2, 0) is 6.61 Å². The Kier molecular flexibility index (Phi) is 3.08. The van der Waals surface area contributed by atoms with Gasteiger partial charge in [0.05, 0.1) is 6.61 Å². The molecule has 0 bridgehead atoms. The Morgan fingerprint density at radius 1 is 1.00 bits per heavy atom. The zero-order valence-electron chi connectivity index (χ0n) is 10.2. The van der Waals surface area contributed by atoms with Gasteiger partial charge in [-0.2, -0.15) is 0 Å². The van der Waals surface area contributed by atoms with Crippen LogP contribution in [0.15, 0.2) is 54.9 Å². The molecule has 0 unspecified atom stereocenters. The number of aliphatic hydroxyl groups excluding tert-OH is 1. The number of ether oxygens (including phenoxy) is 1. The predicted molar refractivity (Wildman–Crippen MR) is 72.0 cm³/mol. The van der Waals surface area contributed by atoms with E-state index in [1.54, 1.807) is 24.5 Å². The Morgan fingerprint density at radius 3 is 2.79 bits per heavy atom. The summed E-state index contributed by atoms with van der Waals surface area (Å²) in [4.78, 5) is 8.45. The quantitative estimate of drug-likeness (QED) is 0.778. The summed E-state index contributed by atoms with van der Waals surface area (Å²) in [5.74, 6) is 1.10. The van der Waals surface area contributed by atoms with Crippen molar-refractivity contribution in [3.63, 3.8) is 0 Å². The minimum Gasteiger partial charge on any atom is -0.437 e. The van der Waals surface area contributed by atoms with Crippen LogP contribution in [0.25, 0.3) is 10.9 Å². The van der Waals surface area contributed by atoms with Crippen molar-refractivity contribution in [2.75, 3.05) is 0 Å². The molecule has 94 valence electrons. The summed E-state index contributed by atoms with van der Waals surface area (Å²) in [5.41, 5.74) is 1.55. The molecule has 4 nitrogen and oxygen atoms in total. The van der Waals surface area contributed by atoms with Crippen LogP contribution in [0.4, 0.5) is 0 Å². The highest BCUT2D eigenvalue weighted by molar-refractivity contribution is 5.84. The molecule has 4 heteroatoms. The second kappa shape index (κ2) is 5.04. The third-order valence-electron chi connectivity index (χ3n) is 2.79. The van der Waals surface area contributed by atoms with Crippen LogP contribution in [0.2, 0.25) is 0 Å². The predicted octanol–water partition coefficient (Wildman–Crippen LogP) is 2.91. The number of hydrogen-bond donors (Lipinski definition) is 1. The lowest BCUT2D eigenvalue weighted by molar-refractivity contribution is 0.281. The Morgan fingerprint density at radius 2 is 1.89 bits per heavy atom.